The summed E-state index contributed by atoms with van der Waals surface area (Å²) >= 11 is 6.33. The number of rotatable bonds is 2. The summed E-state index contributed by atoms with van der Waals surface area (Å²) in [6.45, 7) is 2.08. The SMILES string of the molecule is CCc1nc2ccccc2c2nnc(-c3ccccc3Cl)n12. The summed E-state index contributed by atoms with van der Waals surface area (Å²) in [5.41, 5.74) is 2.62. The van der Waals surface area contributed by atoms with Crippen LogP contribution in [-0.4, -0.2) is 19.6 Å². The first kappa shape index (κ1) is 13.2. The van der Waals surface area contributed by atoms with Crippen molar-refractivity contribution < 1.29 is 0 Å². The molecule has 0 bridgehead atoms. The smallest absolute Gasteiger partial charge is 0.171 e. The Balaban J connectivity index is 2.14. The molecule has 0 saturated heterocycles. The Kier molecular flexibility index (Phi) is 3.05. The number of aryl methyl sites for hydroxylation is 1. The second-order valence-corrected chi connectivity index (χ2v) is 5.47. The van der Waals surface area contributed by atoms with Crippen molar-refractivity contribution >= 4 is 28.2 Å². The Morgan fingerprint density at radius 3 is 2.59 bits per heavy atom. The van der Waals surface area contributed by atoms with Crippen molar-refractivity contribution in [2.75, 3.05) is 0 Å². The highest BCUT2D eigenvalue weighted by atomic mass is 35.5. The second-order valence-electron chi connectivity index (χ2n) is 5.06. The number of hydrogen-bond donors (Lipinski definition) is 0. The fourth-order valence-electron chi connectivity index (χ4n) is 2.71. The molecule has 108 valence electrons. The van der Waals surface area contributed by atoms with E-state index in [1.807, 2.05) is 52.9 Å². The number of fused-ring (bicyclic) bond motifs is 3. The molecule has 5 heteroatoms. The monoisotopic (exact) mass is 308 g/mol. The van der Waals surface area contributed by atoms with Gasteiger partial charge in [0.25, 0.3) is 0 Å². The first-order valence-corrected chi connectivity index (χ1v) is 7.55. The first-order valence-electron chi connectivity index (χ1n) is 7.17. The number of para-hydroxylation sites is 1. The van der Waals surface area contributed by atoms with E-state index in [0.29, 0.717) is 5.02 Å². The topological polar surface area (TPSA) is 43.1 Å². The molecule has 0 aliphatic heterocycles. The van der Waals surface area contributed by atoms with Gasteiger partial charge in [-0.1, -0.05) is 42.8 Å². The molecule has 0 aliphatic carbocycles. The summed E-state index contributed by atoms with van der Waals surface area (Å²) in [6, 6.07) is 15.6. The maximum absolute atomic E-state index is 6.33. The van der Waals surface area contributed by atoms with Gasteiger partial charge < -0.3 is 0 Å². The van der Waals surface area contributed by atoms with Gasteiger partial charge in [-0.3, -0.25) is 4.40 Å². The van der Waals surface area contributed by atoms with Crippen molar-refractivity contribution in [3.8, 4) is 11.4 Å². The van der Waals surface area contributed by atoms with E-state index >= 15 is 0 Å². The average molecular weight is 309 g/mol. The minimum absolute atomic E-state index is 0.659. The summed E-state index contributed by atoms with van der Waals surface area (Å²) in [5.74, 6) is 1.66. The van der Waals surface area contributed by atoms with Gasteiger partial charge >= 0.3 is 0 Å². The Labute approximate surface area is 132 Å². The van der Waals surface area contributed by atoms with E-state index in [9.17, 15) is 0 Å². The van der Waals surface area contributed by atoms with E-state index in [4.69, 9.17) is 16.6 Å². The number of hydrogen-bond acceptors (Lipinski definition) is 3. The van der Waals surface area contributed by atoms with Gasteiger partial charge in [-0.05, 0) is 24.3 Å². The maximum atomic E-state index is 6.33. The molecule has 2 aromatic heterocycles. The van der Waals surface area contributed by atoms with Gasteiger partial charge in [-0.2, -0.15) is 0 Å². The molecule has 0 saturated carbocycles. The third-order valence-electron chi connectivity index (χ3n) is 3.75. The van der Waals surface area contributed by atoms with E-state index in [1.165, 1.54) is 0 Å². The lowest BCUT2D eigenvalue weighted by molar-refractivity contribution is 0.914. The van der Waals surface area contributed by atoms with Crippen LogP contribution in [0.2, 0.25) is 5.02 Å². The van der Waals surface area contributed by atoms with Gasteiger partial charge in [0.05, 0.1) is 10.5 Å². The summed E-state index contributed by atoms with van der Waals surface area (Å²) in [5, 5.41) is 10.4. The molecule has 0 radical (unpaired) electrons. The molecule has 0 amide bonds. The van der Waals surface area contributed by atoms with Crippen LogP contribution < -0.4 is 0 Å². The first-order chi connectivity index (χ1) is 10.8. The largest absolute Gasteiger partial charge is 0.262 e. The standard InChI is InChI=1S/C17H13ClN4/c1-2-15-19-14-10-6-4-8-12(14)17-21-20-16(22(15)17)11-7-3-5-9-13(11)18/h3-10H,2H2,1H3. The number of benzene rings is 2. The van der Waals surface area contributed by atoms with Crippen molar-refractivity contribution in [3.05, 3.63) is 59.4 Å². The van der Waals surface area contributed by atoms with Crippen molar-refractivity contribution in [2.24, 2.45) is 0 Å². The summed E-state index contributed by atoms with van der Waals surface area (Å²) in [6.07, 6.45) is 0.789. The van der Waals surface area contributed by atoms with Crippen molar-refractivity contribution in [2.45, 2.75) is 13.3 Å². The quantitative estimate of drug-likeness (QED) is 0.558. The van der Waals surface area contributed by atoms with Gasteiger partial charge in [0, 0.05) is 17.4 Å². The highest BCUT2D eigenvalue weighted by Gasteiger charge is 2.16. The highest BCUT2D eigenvalue weighted by molar-refractivity contribution is 6.33. The third kappa shape index (κ3) is 1.88. The van der Waals surface area contributed by atoms with Crippen LogP contribution in [0.1, 0.15) is 12.7 Å². The minimum atomic E-state index is 0.659. The lowest BCUT2D eigenvalue weighted by Gasteiger charge is -2.08. The van der Waals surface area contributed by atoms with Crippen LogP contribution in [0.5, 0.6) is 0 Å². The Morgan fingerprint density at radius 2 is 1.77 bits per heavy atom. The van der Waals surface area contributed by atoms with Crippen LogP contribution in [0.25, 0.3) is 27.9 Å². The second kappa shape index (κ2) is 5.07. The Bertz CT molecular complexity index is 990. The molecular weight excluding hydrogens is 296 g/mol. The molecule has 0 fully saturated rings. The molecule has 2 heterocycles. The molecule has 2 aromatic carbocycles. The van der Waals surface area contributed by atoms with Gasteiger partial charge in [0.2, 0.25) is 0 Å². The number of aromatic nitrogens is 4. The fraction of sp³-hybridized carbons (Fsp3) is 0.118. The molecule has 0 aliphatic rings. The zero-order chi connectivity index (χ0) is 15.1. The average Bonchev–Trinajstić information content (AvgIpc) is 2.99. The van der Waals surface area contributed by atoms with Crippen LogP contribution in [-0.2, 0) is 6.42 Å². The summed E-state index contributed by atoms with van der Waals surface area (Å²) < 4.78 is 2.00. The Morgan fingerprint density at radius 1 is 1.00 bits per heavy atom. The van der Waals surface area contributed by atoms with Crippen LogP contribution in [0.15, 0.2) is 48.5 Å². The van der Waals surface area contributed by atoms with Crippen LogP contribution >= 0.6 is 11.6 Å². The number of nitrogens with zero attached hydrogens (tertiary/aromatic N) is 4. The number of halogens is 1. The van der Waals surface area contributed by atoms with Crippen LogP contribution in [0.3, 0.4) is 0 Å². The summed E-state index contributed by atoms with van der Waals surface area (Å²) in [4.78, 5) is 4.75. The fourth-order valence-corrected chi connectivity index (χ4v) is 2.93. The van der Waals surface area contributed by atoms with Gasteiger partial charge in [-0.15, -0.1) is 10.2 Å². The zero-order valence-corrected chi connectivity index (χ0v) is 12.7. The Hall–Kier alpha value is -2.46. The molecule has 4 rings (SSSR count). The van der Waals surface area contributed by atoms with E-state index in [-0.39, 0.29) is 0 Å². The van der Waals surface area contributed by atoms with Gasteiger partial charge in [0.15, 0.2) is 11.5 Å². The van der Waals surface area contributed by atoms with E-state index in [1.54, 1.807) is 0 Å². The highest BCUT2D eigenvalue weighted by Crippen LogP contribution is 2.29. The minimum Gasteiger partial charge on any atom is -0.262 e. The van der Waals surface area contributed by atoms with E-state index < -0.39 is 0 Å². The normalized spacial score (nSPS) is 11.4. The van der Waals surface area contributed by atoms with Crippen molar-refractivity contribution in [1.82, 2.24) is 19.6 Å². The molecule has 4 aromatic rings. The lowest BCUT2D eigenvalue weighted by Crippen LogP contribution is -2.02. The lowest BCUT2D eigenvalue weighted by atomic mass is 10.2. The maximum Gasteiger partial charge on any atom is 0.171 e. The molecular formula is C17H13ClN4. The molecule has 4 nitrogen and oxygen atoms in total. The molecule has 0 spiro atoms. The van der Waals surface area contributed by atoms with Gasteiger partial charge in [0.1, 0.15) is 5.82 Å². The third-order valence-corrected chi connectivity index (χ3v) is 4.08. The van der Waals surface area contributed by atoms with Crippen molar-refractivity contribution in [3.63, 3.8) is 0 Å². The predicted molar refractivity (Wildman–Crippen MR) is 88.1 cm³/mol. The van der Waals surface area contributed by atoms with E-state index in [2.05, 4.69) is 17.1 Å². The van der Waals surface area contributed by atoms with Gasteiger partial charge in [-0.25, -0.2) is 4.98 Å². The molecule has 22 heavy (non-hydrogen) atoms. The molecule has 0 unspecified atom stereocenters. The van der Waals surface area contributed by atoms with Crippen molar-refractivity contribution in [1.29, 1.82) is 0 Å². The zero-order valence-electron chi connectivity index (χ0n) is 12.0. The molecule has 0 atom stereocenters. The van der Waals surface area contributed by atoms with Crippen LogP contribution in [0.4, 0.5) is 0 Å². The van der Waals surface area contributed by atoms with E-state index in [0.717, 1.165) is 40.2 Å². The van der Waals surface area contributed by atoms with Crippen LogP contribution in [0, 0.1) is 0 Å². The molecule has 0 N–H and O–H groups in total. The summed E-state index contributed by atoms with van der Waals surface area (Å²) in [7, 11) is 0. The predicted octanol–water partition coefficient (Wildman–Crippen LogP) is 4.16.